The molecule has 0 amide bonds. The first-order chi connectivity index (χ1) is 8.97. The number of ketones is 1. The van der Waals surface area contributed by atoms with Crippen molar-refractivity contribution in [1.29, 1.82) is 0 Å². The Balaban J connectivity index is 2.25. The maximum Gasteiger partial charge on any atom is 0.168 e. The molecule has 0 aliphatic heterocycles. The number of carbonyl (C=O) groups is 1. The number of benzene rings is 2. The van der Waals surface area contributed by atoms with Gasteiger partial charge in [-0.2, -0.15) is 0 Å². The van der Waals surface area contributed by atoms with E-state index in [1.165, 1.54) is 23.8 Å². The highest BCUT2D eigenvalue weighted by molar-refractivity contribution is 6.34. The third-order valence-corrected chi connectivity index (χ3v) is 3.49. The largest absolute Gasteiger partial charge is 0.294 e. The first-order valence-corrected chi connectivity index (χ1v) is 6.39. The van der Waals surface area contributed by atoms with Gasteiger partial charge in [0.1, 0.15) is 5.82 Å². The number of aryl methyl sites for hydroxylation is 2. The van der Waals surface area contributed by atoms with E-state index in [9.17, 15) is 9.18 Å². The highest BCUT2D eigenvalue weighted by atomic mass is 35.5. The van der Waals surface area contributed by atoms with E-state index in [2.05, 4.69) is 0 Å². The van der Waals surface area contributed by atoms with Gasteiger partial charge in [-0.3, -0.25) is 4.79 Å². The molecule has 0 heterocycles. The van der Waals surface area contributed by atoms with Gasteiger partial charge in [-0.15, -0.1) is 0 Å². The van der Waals surface area contributed by atoms with Gasteiger partial charge in [0.25, 0.3) is 0 Å². The summed E-state index contributed by atoms with van der Waals surface area (Å²) < 4.78 is 13.2. The summed E-state index contributed by atoms with van der Waals surface area (Å²) in [5.74, 6) is -0.624. The van der Waals surface area contributed by atoms with Crippen LogP contribution in [0.5, 0.6) is 0 Å². The lowest BCUT2D eigenvalue weighted by atomic mass is 9.99. The molecule has 3 heteroatoms. The van der Waals surface area contributed by atoms with Crippen molar-refractivity contribution in [2.75, 3.05) is 0 Å². The second-order valence-electron chi connectivity index (χ2n) is 4.64. The SMILES string of the molecule is Cc1ccc(CC(=O)c2cc(F)ccc2Cl)cc1C. The first kappa shape index (κ1) is 13.8. The zero-order chi connectivity index (χ0) is 14.0. The lowest BCUT2D eigenvalue weighted by molar-refractivity contribution is 0.0992. The number of rotatable bonds is 3. The molecule has 0 N–H and O–H groups in total. The van der Waals surface area contributed by atoms with Gasteiger partial charge in [0, 0.05) is 12.0 Å². The molecule has 2 aromatic rings. The van der Waals surface area contributed by atoms with Crippen molar-refractivity contribution < 1.29 is 9.18 Å². The second-order valence-corrected chi connectivity index (χ2v) is 5.05. The highest BCUT2D eigenvalue weighted by Gasteiger charge is 2.12. The van der Waals surface area contributed by atoms with E-state index >= 15 is 0 Å². The molecule has 2 aromatic carbocycles. The predicted octanol–water partition coefficient (Wildman–Crippen LogP) is 4.52. The van der Waals surface area contributed by atoms with E-state index in [1.54, 1.807) is 0 Å². The third-order valence-electron chi connectivity index (χ3n) is 3.16. The highest BCUT2D eigenvalue weighted by Crippen LogP contribution is 2.20. The second kappa shape index (κ2) is 5.54. The third kappa shape index (κ3) is 3.21. The van der Waals surface area contributed by atoms with Crippen LogP contribution in [0.1, 0.15) is 27.0 Å². The van der Waals surface area contributed by atoms with E-state index in [-0.39, 0.29) is 22.8 Å². The fraction of sp³-hybridized carbons (Fsp3) is 0.188. The number of hydrogen-bond donors (Lipinski definition) is 0. The van der Waals surface area contributed by atoms with Crippen LogP contribution in [0.3, 0.4) is 0 Å². The lowest BCUT2D eigenvalue weighted by Gasteiger charge is -2.06. The molecule has 0 spiro atoms. The topological polar surface area (TPSA) is 17.1 Å². The van der Waals surface area contributed by atoms with Gasteiger partial charge in [-0.1, -0.05) is 29.8 Å². The zero-order valence-electron chi connectivity index (χ0n) is 10.8. The Morgan fingerprint density at radius 2 is 1.84 bits per heavy atom. The van der Waals surface area contributed by atoms with Crippen LogP contribution in [0, 0.1) is 19.7 Å². The van der Waals surface area contributed by atoms with Gasteiger partial charge in [0.2, 0.25) is 0 Å². The van der Waals surface area contributed by atoms with E-state index < -0.39 is 5.82 Å². The number of carbonyl (C=O) groups excluding carboxylic acids is 1. The summed E-state index contributed by atoms with van der Waals surface area (Å²) in [4.78, 5) is 12.1. The van der Waals surface area contributed by atoms with Crippen LogP contribution in [-0.4, -0.2) is 5.78 Å². The Hall–Kier alpha value is -1.67. The summed E-state index contributed by atoms with van der Waals surface area (Å²) in [7, 11) is 0. The Morgan fingerprint density at radius 1 is 1.11 bits per heavy atom. The van der Waals surface area contributed by atoms with E-state index in [0.29, 0.717) is 0 Å². The van der Waals surface area contributed by atoms with Crippen molar-refractivity contribution in [1.82, 2.24) is 0 Å². The first-order valence-electron chi connectivity index (χ1n) is 6.02. The molecule has 0 aliphatic carbocycles. The maximum absolute atomic E-state index is 13.2. The Kier molecular flexibility index (Phi) is 4.01. The van der Waals surface area contributed by atoms with Crippen LogP contribution >= 0.6 is 11.6 Å². The molecular formula is C16H14ClFO. The average molecular weight is 277 g/mol. The molecule has 0 aliphatic rings. The van der Waals surface area contributed by atoms with Crippen LogP contribution in [0.25, 0.3) is 0 Å². The number of Topliss-reactive ketones (excluding diaryl/α,β-unsaturated/α-hetero) is 1. The van der Waals surface area contributed by atoms with Crippen molar-refractivity contribution in [3.63, 3.8) is 0 Å². The average Bonchev–Trinajstić information content (AvgIpc) is 2.36. The summed E-state index contributed by atoms with van der Waals surface area (Å²) in [6.45, 7) is 4.02. The minimum Gasteiger partial charge on any atom is -0.294 e. The molecule has 0 aromatic heterocycles. The molecule has 0 atom stereocenters. The Bertz CT molecular complexity index is 635. The maximum atomic E-state index is 13.2. The van der Waals surface area contributed by atoms with E-state index in [4.69, 9.17) is 11.6 Å². The fourth-order valence-electron chi connectivity index (χ4n) is 1.91. The van der Waals surface area contributed by atoms with Crippen molar-refractivity contribution in [3.05, 3.63) is 69.5 Å². The summed E-state index contributed by atoms with van der Waals surface area (Å²) in [5, 5.41) is 0.287. The molecule has 0 fully saturated rings. The normalized spacial score (nSPS) is 10.5. The monoisotopic (exact) mass is 276 g/mol. The lowest BCUT2D eigenvalue weighted by Crippen LogP contribution is -2.05. The van der Waals surface area contributed by atoms with Gasteiger partial charge in [0.05, 0.1) is 5.02 Å². The quantitative estimate of drug-likeness (QED) is 0.753. The molecule has 2 rings (SSSR count). The molecule has 0 saturated carbocycles. The number of halogens is 2. The zero-order valence-corrected chi connectivity index (χ0v) is 11.6. The summed E-state index contributed by atoms with van der Waals surface area (Å²) in [6.07, 6.45) is 0.226. The summed E-state index contributed by atoms with van der Waals surface area (Å²) in [6, 6.07) is 9.70. The Labute approximate surface area is 117 Å². The molecule has 0 bridgehead atoms. The number of hydrogen-bond acceptors (Lipinski definition) is 1. The molecule has 0 saturated heterocycles. The fourth-order valence-corrected chi connectivity index (χ4v) is 2.13. The molecule has 98 valence electrons. The van der Waals surface area contributed by atoms with Crippen molar-refractivity contribution in [3.8, 4) is 0 Å². The van der Waals surface area contributed by atoms with Crippen molar-refractivity contribution in [2.24, 2.45) is 0 Å². The van der Waals surface area contributed by atoms with Gasteiger partial charge in [0.15, 0.2) is 5.78 Å². The van der Waals surface area contributed by atoms with E-state index in [1.807, 2.05) is 32.0 Å². The minimum atomic E-state index is -0.451. The van der Waals surface area contributed by atoms with Gasteiger partial charge >= 0.3 is 0 Å². The van der Waals surface area contributed by atoms with E-state index in [0.717, 1.165) is 11.1 Å². The minimum absolute atomic E-state index is 0.173. The Morgan fingerprint density at radius 3 is 2.53 bits per heavy atom. The molecule has 1 nitrogen and oxygen atoms in total. The molecule has 0 unspecified atom stereocenters. The van der Waals surface area contributed by atoms with Gasteiger partial charge < -0.3 is 0 Å². The van der Waals surface area contributed by atoms with Crippen molar-refractivity contribution >= 4 is 17.4 Å². The smallest absolute Gasteiger partial charge is 0.168 e. The van der Waals surface area contributed by atoms with Crippen LogP contribution in [0.2, 0.25) is 5.02 Å². The predicted molar refractivity (Wildman–Crippen MR) is 75.4 cm³/mol. The van der Waals surface area contributed by atoms with Crippen molar-refractivity contribution in [2.45, 2.75) is 20.3 Å². The van der Waals surface area contributed by atoms with Crippen LogP contribution < -0.4 is 0 Å². The standard InChI is InChI=1S/C16H14ClFO/c1-10-3-4-12(7-11(10)2)8-16(19)14-9-13(18)5-6-15(14)17/h3-7,9H,8H2,1-2H3. The van der Waals surface area contributed by atoms with Gasteiger partial charge in [-0.25, -0.2) is 4.39 Å². The van der Waals surface area contributed by atoms with Crippen LogP contribution in [0.4, 0.5) is 4.39 Å². The molecular weight excluding hydrogens is 263 g/mol. The molecule has 0 radical (unpaired) electrons. The van der Waals surface area contributed by atoms with Crippen LogP contribution in [-0.2, 0) is 6.42 Å². The van der Waals surface area contributed by atoms with Gasteiger partial charge in [-0.05, 0) is 48.7 Å². The summed E-state index contributed by atoms with van der Waals surface area (Å²) in [5.41, 5.74) is 3.46. The summed E-state index contributed by atoms with van der Waals surface area (Å²) >= 11 is 5.93. The molecule has 19 heavy (non-hydrogen) atoms. The van der Waals surface area contributed by atoms with Crippen LogP contribution in [0.15, 0.2) is 36.4 Å².